The van der Waals surface area contributed by atoms with Crippen molar-refractivity contribution in [2.75, 3.05) is 5.75 Å². The molecule has 0 unspecified atom stereocenters. The Bertz CT molecular complexity index is 704. The van der Waals surface area contributed by atoms with Gasteiger partial charge in [-0.3, -0.25) is 4.79 Å². The first-order valence-corrected chi connectivity index (χ1v) is 9.28. The Hall–Kier alpha value is -1.30. The van der Waals surface area contributed by atoms with Crippen LogP contribution >= 0.6 is 39.3 Å². The highest BCUT2D eigenvalue weighted by Crippen LogP contribution is 2.16. The zero-order valence-electron chi connectivity index (χ0n) is 12.6. The predicted molar refractivity (Wildman–Crippen MR) is 102 cm³/mol. The van der Waals surface area contributed by atoms with Gasteiger partial charge in [0.25, 0.3) is 0 Å². The van der Waals surface area contributed by atoms with E-state index in [0.717, 1.165) is 27.1 Å². The van der Waals surface area contributed by atoms with Crippen LogP contribution in [0.5, 0.6) is 0 Å². The van der Waals surface area contributed by atoms with Crippen molar-refractivity contribution in [2.45, 2.75) is 12.7 Å². The molecule has 2 aromatic carbocycles. The molecule has 0 aromatic heterocycles. The third kappa shape index (κ3) is 6.37. The molecule has 0 saturated heterocycles. The summed E-state index contributed by atoms with van der Waals surface area (Å²) in [5.41, 5.74) is 5.43. The molecule has 0 bridgehead atoms. The summed E-state index contributed by atoms with van der Waals surface area (Å²) in [6, 6.07) is 15.4. The minimum atomic E-state index is -0.117. The number of benzene rings is 2. The van der Waals surface area contributed by atoms with Crippen LogP contribution in [-0.2, 0) is 10.5 Å². The van der Waals surface area contributed by atoms with E-state index in [1.807, 2.05) is 55.5 Å². The first-order chi connectivity index (χ1) is 11.0. The fourth-order valence-electron chi connectivity index (χ4n) is 1.82. The van der Waals surface area contributed by atoms with Crippen LogP contribution in [-0.4, -0.2) is 17.4 Å². The molecule has 0 aliphatic heterocycles. The summed E-state index contributed by atoms with van der Waals surface area (Å²) in [6.45, 7) is 1.86. The molecule has 0 aliphatic carbocycles. The van der Waals surface area contributed by atoms with Gasteiger partial charge in [-0.25, -0.2) is 5.43 Å². The average molecular weight is 412 g/mol. The Labute approximate surface area is 153 Å². The molecule has 0 saturated carbocycles. The summed E-state index contributed by atoms with van der Waals surface area (Å²) >= 11 is 10.8. The summed E-state index contributed by atoms with van der Waals surface area (Å²) < 4.78 is 1.01. The van der Waals surface area contributed by atoms with Gasteiger partial charge >= 0.3 is 0 Å². The number of amides is 1. The van der Waals surface area contributed by atoms with Crippen LogP contribution in [0.3, 0.4) is 0 Å². The summed E-state index contributed by atoms with van der Waals surface area (Å²) in [7, 11) is 0. The molecule has 2 rings (SSSR count). The highest BCUT2D eigenvalue weighted by molar-refractivity contribution is 9.10. The van der Waals surface area contributed by atoms with Crippen LogP contribution in [0.1, 0.15) is 18.1 Å². The monoisotopic (exact) mass is 410 g/mol. The molecule has 6 heteroatoms. The number of hydrogen-bond donors (Lipinski definition) is 1. The predicted octanol–water partition coefficient (Wildman–Crippen LogP) is 4.88. The van der Waals surface area contributed by atoms with E-state index in [2.05, 4.69) is 26.5 Å². The molecule has 1 N–H and O–H groups in total. The Morgan fingerprint density at radius 3 is 2.70 bits per heavy atom. The molecular weight excluding hydrogens is 396 g/mol. The molecule has 0 fully saturated rings. The largest absolute Gasteiger partial charge is 0.272 e. The van der Waals surface area contributed by atoms with Gasteiger partial charge in [0.05, 0.1) is 11.5 Å². The van der Waals surface area contributed by atoms with E-state index >= 15 is 0 Å². The van der Waals surface area contributed by atoms with E-state index < -0.39 is 0 Å². The van der Waals surface area contributed by atoms with Gasteiger partial charge in [0.15, 0.2) is 0 Å². The van der Waals surface area contributed by atoms with Crippen molar-refractivity contribution in [1.82, 2.24) is 5.43 Å². The number of nitrogens with one attached hydrogen (secondary N) is 1. The fourth-order valence-corrected chi connectivity index (χ4v) is 3.07. The van der Waals surface area contributed by atoms with Crippen molar-refractivity contribution >= 4 is 50.9 Å². The summed E-state index contributed by atoms with van der Waals surface area (Å²) in [5.74, 6) is 0.973. The van der Waals surface area contributed by atoms with Crippen molar-refractivity contribution in [1.29, 1.82) is 0 Å². The van der Waals surface area contributed by atoms with E-state index in [1.165, 1.54) is 11.8 Å². The second-order valence-corrected chi connectivity index (χ2v) is 7.20. The lowest BCUT2D eigenvalue weighted by molar-refractivity contribution is -0.118. The summed E-state index contributed by atoms with van der Waals surface area (Å²) in [4.78, 5) is 11.8. The van der Waals surface area contributed by atoms with Gasteiger partial charge in [-0.1, -0.05) is 51.8 Å². The minimum Gasteiger partial charge on any atom is -0.272 e. The quantitative estimate of drug-likeness (QED) is 0.544. The van der Waals surface area contributed by atoms with E-state index in [9.17, 15) is 4.79 Å². The van der Waals surface area contributed by atoms with Crippen LogP contribution in [0, 0.1) is 0 Å². The topological polar surface area (TPSA) is 41.5 Å². The number of nitrogens with zero attached hydrogens (tertiary/aromatic N) is 1. The number of carbonyl (C=O) groups is 1. The summed E-state index contributed by atoms with van der Waals surface area (Å²) in [6.07, 6.45) is 0. The molecule has 1 amide bonds. The normalized spacial score (nSPS) is 11.3. The SMILES string of the molecule is C/C(=N/NC(=O)CSCc1cccc(Cl)c1)c1ccc(Br)cc1. The van der Waals surface area contributed by atoms with Crippen molar-refractivity contribution in [3.8, 4) is 0 Å². The maximum Gasteiger partial charge on any atom is 0.250 e. The smallest absolute Gasteiger partial charge is 0.250 e. The van der Waals surface area contributed by atoms with Gasteiger partial charge in [-0.15, -0.1) is 11.8 Å². The van der Waals surface area contributed by atoms with E-state index in [0.29, 0.717) is 10.8 Å². The zero-order chi connectivity index (χ0) is 16.7. The molecular formula is C17H16BrClN2OS. The standard InChI is InChI=1S/C17H16BrClN2OS/c1-12(14-5-7-15(18)8-6-14)20-21-17(22)11-23-10-13-3-2-4-16(19)9-13/h2-9H,10-11H2,1H3,(H,21,22)/b20-12-. The molecule has 2 aromatic rings. The number of thioether (sulfide) groups is 1. The number of carbonyl (C=O) groups excluding carboxylic acids is 1. The number of halogens is 2. The lowest BCUT2D eigenvalue weighted by Gasteiger charge is -2.04. The maximum atomic E-state index is 11.8. The lowest BCUT2D eigenvalue weighted by Crippen LogP contribution is -2.21. The molecule has 23 heavy (non-hydrogen) atoms. The molecule has 0 spiro atoms. The third-order valence-corrected chi connectivity index (χ3v) is 4.77. The molecule has 120 valence electrons. The second-order valence-electron chi connectivity index (χ2n) is 4.86. The van der Waals surface area contributed by atoms with Gasteiger partial charge in [-0.2, -0.15) is 5.10 Å². The minimum absolute atomic E-state index is 0.117. The lowest BCUT2D eigenvalue weighted by atomic mass is 10.1. The van der Waals surface area contributed by atoms with E-state index in [-0.39, 0.29) is 5.91 Å². The van der Waals surface area contributed by atoms with Crippen molar-refractivity contribution in [3.63, 3.8) is 0 Å². The second kappa shape index (κ2) is 9.11. The zero-order valence-corrected chi connectivity index (χ0v) is 15.7. The van der Waals surface area contributed by atoms with Gasteiger partial charge < -0.3 is 0 Å². The van der Waals surface area contributed by atoms with Gasteiger partial charge in [0.2, 0.25) is 5.91 Å². The highest BCUT2D eigenvalue weighted by Gasteiger charge is 2.03. The third-order valence-electron chi connectivity index (χ3n) is 3.00. The number of hydrogen-bond acceptors (Lipinski definition) is 3. The molecule has 3 nitrogen and oxygen atoms in total. The molecule has 0 radical (unpaired) electrons. The Morgan fingerprint density at radius 1 is 1.26 bits per heavy atom. The first kappa shape index (κ1) is 18.0. The van der Waals surface area contributed by atoms with E-state index in [4.69, 9.17) is 11.6 Å². The average Bonchev–Trinajstić information content (AvgIpc) is 2.53. The van der Waals surface area contributed by atoms with Crippen molar-refractivity contribution in [2.24, 2.45) is 5.10 Å². The highest BCUT2D eigenvalue weighted by atomic mass is 79.9. The van der Waals surface area contributed by atoms with Crippen molar-refractivity contribution in [3.05, 3.63) is 69.2 Å². The maximum absolute atomic E-state index is 11.8. The van der Waals surface area contributed by atoms with Gasteiger partial charge in [-0.05, 0) is 42.3 Å². The molecule has 0 atom stereocenters. The fraction of sp³-hybridized carbons (Fsp3) is 0.176. The van der Waals surface area contributed by atoms with Crippen LogP contribution in [0.15, 0.2) is 58.1 Å². The van der Waals surface area contributed by atoms with Crippen LogP contribution in [0.25, 0.3) is 0 Å². The molecule has 0 heterocycles. The number of hydrazone groups is 1. The van der Waals surface area contributed by atoms with Crippen LogP contribution in [0.4, 0.5) is 0 Å². The Morgan fingerprint density at radius 2 is 2.00 bits per heavy atom. The van der Waals surface area contributed by atoms with Crippen LogP contribution < -0.4 is 5.43 Å². The molecule has 0 aliphatic rings. The Kier molecular flexibility index (Phi) is 7.15. The number of rotatable bonds is 6. The van der Waals surface area contributed by atoms with Gasteiger partial charge in [0, 0.05) is 15.2 Å². The van der Waals surface area contributed by atoms with Crippen LogP contribution in [0.2, 0.25) is 5.02 Å². The Balaban J connectivity index is 1.78. The van der Waals surface area contributed by atoms with Gasteiger partial charge in [0.1, 0.15) is 0 Å². The van der Waals surface area contributed by atoms with Crippen molar-refractivity contribution < 1.29 is 4.79 Å². The first-order valence-electron chi connectivity index (χ1n) is 6.96. The summed E-state index contributed by atoms with van der Waals surface area (Å²) in [5, 5.41) is 4.84. The van der Waals surface area contributed by atoms with E-state index in [1.54, 1.807) is 0 Å².